The maximum atomic E-state index is 12.5. The van der Waals surface area contributed by atoms with Gasteiger partial charge in [-0.15, -0.1) is 0 Å². The topological polar surface area (TPSA) is 66.9 Å². The fourth-order valence-corrected chi connectivity index (χ4v) is 3.08. The number of anilines is 1. The third-order valence-corrected chi connectivity index (χ3v) is 4.56. The maximum Gasteiger partial charge on any atom is 0.270 e. The second kappa shape index (κ2) is 9.33. The Hall–Kier alpha value is -2.92. The highest BCUT2D eigenvalue weighted by atomic mass is 35.5. The molecule has 28 heavy (non-hydrogen) atoms. The summed E-state index contributed by atoms with van der Waals surface area (Å²) in [4.78, 5) is 21.3. The monoisotopic (exact) mass is 394 g/mol. The molecule has 0 saturated carbocycles. The molecule has 1 atom stereocenters. The van der Waals surface area contributed by atoms with Crippen LogP contribution in [-0.2, 0) is 6.42 Å². The first-order chi connectivity index (χ1) is 13.5. The van der Waals surface area contributed by atoms with Crippen molar-refractivity contribution in [2.24, 2.45) is 0 Å². The molecule has 0 aliphatic carbocycles. The van der Waals surface area contributed by atoms with Gasteiger partial charge in [-0.1, -0.05) is 54.1 Å². The summed E-state index contributed by atoms with van der Waals surface area (Å²) in [6.45, 7) is 4.39. The van der Waals surface area contributed by atoms with Crippen molar-refractivity contribution in [3.05, 3.63) is 88.2 Å². The Morgan fingerprint density at radius 1 is 1.07 bits per heavy atom. The molecule has 2 aromatic carbocycles. The second-order valence-electron chi connectivity index (χ2n) is 6.63. The van der Waals surface area contributed by atoms with Crippen molar-refractivity contribution in [3.63, 3.8) is 0 Å². The predicted molar refractivity (Wildman–Crippen MR) is 113 cm³/mol. The molecule has 0 bridgehead atoms. The van der Waals surface area contributed by atoms with Crippen LogP contribution in [0.1, 0.15) is 40.3 Å². The first kappa shape index (κ1) is 19.8. The molecule has 0 fully saturated rings. The van der Waals surface area contributed by atoms with Crippen molar-refractivity contribution in [3.8, 4) is 0 Å². The highest BCUT2D eigenvalue weighted by molar-refractivity contribution is 6.30. The number of aryl methyl sites for hydroxylation is 1. The quantitative estimate of drug-likeness (QED) is 0.615. The Balaban J connectivity index is 1.62. The number of aromatic nitrogens is 2. The normalized spacial score (nSPS) is 11.7. The summed E-state index contributed by atoms with van der Waals surface area (Å²) < 4.78 is 0. The van der Waals surface area contributed by atoms with Crippen LogP contribution in [0.5, 0.6) is 0 Å². The highest BCUT2D eigenvalue weighted by Gasteiger charge is 2.12. The van der Waals surface area contributed by atoms with Crippen molar-refractivity contribution in [1.82, 2.24) is 15.3 Å². The number of hydrogen-bond donors (Lipinski definition) is 2. The average molecular weight is 395 g/mol. The molecule has 0 aliphatic rings. The molecule has 144 valence electrons. The summed E-state index contributed by atoms with van der Waals surface area (Å²) in [5, 5.41) is 6.86. The van der Waals surface area contributed by atoms with Gasteiger partial charge >= 0.3 is 0 Å². The van der Waals surface area contributed by atoms with Gasteiger partial charge in [-0.3, -0.25) is 4.79 Å². The minimum atomic E-state index is -0.219. The van der Waals surface area contributed by atoms with Crippen LogP contribution in [0.2, 0.25) is 5.02 Å². The van der Waals surface area contributed by atoms with Crippen molar-refractivity contribution in [2.45, 2.75) is 26.3 Å². The van der Waals surface area contributed by atoms with Gasteiger partial charge in [0.2, 0.25) is 5.95 Å². The summed E-state index contributed by atoms with van der Waals surface area (Å²) in [5.74, 6) is 0.222. The van der Waals surface area contributed by atoms with Gasteiger partial charge in [0.25, 0.3) is 5.91 Å². The van der Waals surface area contributed by atoms with E-state index in [1.807, 2.05) is 68.4 Å². The molecule has 2 N–H and O–H groups in total. The number of carbonyl (C=O) groups is 1. The number of rotatable bonds is 7. The molecule has 1 aromatic heterocycles. The first-order valence-corrected chi connectivity index (χ1v) is 9.59. The highest BCUT2D eigenvalue weighted by Crippen LogP contribution is 2.17. The Morgan fingerprint density at radius 2 is 1.86 bits per heavy atom. The fraction of sp³-hybridized carbons (Fsp3) is 0.227. The first-order valence-electron chi connectivity index (χ1n) is 9.21. The maximum absolute atomic E-state index is 12.5. The smallest absolute Gasteiger partial charge is 0.270 e. The molecule has 3 aromatic rings. The lowest BCUT2D eigenvalue weighted by Crippen LogP contribution is -2.27. The Kier molecular flexibility index (Phi) is 6.61. The Labute approximate surface area is 170 Å². The summed E-state index contributed by atoms with van der Waals surface area (Å²) in [5.41, 5.74) is 3.28. The van der Waals surface area contributed by atoms with Crippen LogP contribution in [-0.4, -0.2) is 22.4 Å². The number of nitrogens with one attached hydrogen (secondary N) is 2. The van der Waals surface area contributed by atoms with E-state index in [-0.39, 0.29) is 11.9 Å². The number of hydrogen-bond acceptors (Lipinski definition) is 4. The van der Waals surface area contributed by atoms with E-state index in [1.165, 1.54) is 0 Å². The van der Waals surface area contributed by atoms with Gasteiger partial charge in [0.15, 0.2) is 0 Å². The van der Waals surface area contributed by atoms with Crippen LogP contribution < -0.4 is 10.6 Å². The van der Waals surface area contributed by atoms with Gasteiger partial charge in [-0.25, -0.2) is 9.97 Å². The Morgan fingerprint density at radius 3 is 2.61 bits per heavy atom. The third-order valence-electron chi connectivity index (χ3n) is 4.32. The fourth-order valence-electron chi connectivity index (χ4n) is 2.87. The standard InChI is InChI=1S/C22H23ClN4O/c1-15-13-20(21(28)24-12-11-17-7-6-10-19(23)14-17)27-22(25-15)26-16(2)18-8-4-3-5-9-18/h3-10,13-14,16H,11-12H2,1-2H3,(H,24,28)(H,25,26,27). The van der Waals surface area contributed by atoms with Crippen LogP contribution in [0, 0.1) is 6.92 Å². The van der Waals surface area contributed by atoms with E-state index in [9.17, 15) is 4.79 Å². The van der Waals surface area contributed by atoms with Crippen LogP contribution in [0.4, 0.5) is 5.95 Å². The minimum absolute atomic E-state index is 0.0294. The molecule has 0 radical (unpaired) electrons. The molecule has 6 heteroatoms. The lowest BCUT2D eigenvalue weighted by atomic mass is 10.1. The second-order valence-corrected chi connectivity index (χ2v) is 7.07. The molecule has 1 heterocycles. The Bertz CT molecular complexity index is 946. The van der Waals surface area contributed by atoms with E-state index >= 15 is 0 Å². The average Bonchev–Trinajstić information content (AvgIpc) is 2.68. The van der Waals surface area contributed by atoms with E-state index in [1.54, 1.807) is 6.07 Å². The molecule has 3 rings (SSSR count). The van der Waals surface area contributed by atoms with Gasteiger partial charge in [-0.2, -0.15) is 0 Å². The van der Waals surface area contributed by atoms with E-state index in [4.69, 9.17) is 11.6 Å². The van der Waals surface area contributed by atoms with Gasteiger partial charge in [-0.05, 0) is 49.6 Å². The molecule has 0 spiro atoms. The SMILES string of the molecule is Cc1cc(C(=O)NCCc2cccc(Cl)c2)nc(NC(C)c2ccccc2)n1. The molecule has 0 aliphatic heterocycles. The number of carbonyl (C=O) groups excluding carboxylic acids is 1. The van der Waals surface area contributed by atoms with Crippen LogP contribution in [0.25, 0.3) is 0 Å². The molecule has 5 nitrogen and oxygen atoms in total. The van der Waals surface area contributed by atoms with Crippen molar-refractivity contribution in [2.75, 3.05) is 11.9 Å². The van der Waals surface area contributed by atoms with Crippen LogP contribution in [0.3, 0.4) is 0 Å². The molecular weight excluding hydrogens is 372 g/mol. The van der Waals surface area contributed by atoms with E-state index in [2.05, 4.69) is 20.6 Å². The van der Waals surface area contributed by atoms with Crippen LogP contribution >= 0.6 is 11.6 Å². The van der Waals surface area contributed by atoms with Gasteiger partial charge in [0, 0.05) is 17.3 Å². The summed E-state index contributed by atoms with van der Waals surface area (Å²) in [6, 6.07) is 19.4. The zero-order valence-electron chi connectivity index (χ0n) is 15.9. The van der Waals surface area contributed by atoms with E-state index < -0.39 is 0 Å². The summed E-state index contributed by atoms with van der Waals surface area (Å²) in [6.07, 6.45) is 0.701. The van der Waals surface area contributed by atoms with Crippen LogP contribution in [0.15, 0.2) is 60.7 Å². The van der Waals surface area contributed by atoms with Gasteiger partial charge in [0.1, 0.15) is 5.69 Å². The lowest BCUT2D eigenvalue weighted by molar-refractivity contribution is 0.0949. The lowest BCUT2D eigenvalue weighted by Gasteiger charge is -2.15. The zero-order valence-corrected chi connectivity index (χ0v) is 16.7. The molecule has 1 amide bonds. The van der Waals surface area contributed by atoms with Gasteiger partial charge < -0.3 is 10.6 Å². The largest absolute Gasteiger partial charge is 0.350 e. The van der Waals surface area contributed by atoms with Gasteiger partial charge in [0.05, 0.1) is 6.04 Å². The third kappa shape index (κ3) is 5.54. The molecular formula is C22H23ClN4O. The molecule has 0 saturated heterocycles. The minimum Gasteiger partial charge on any atom is -0.350 e. The molecule has 1 unspecified atom stereocenters. The zero-order chi connectivity index (χ0) is 19.9. The number of halogens is 1. The van der Waals surface area contributed by atoms with E-state index in [0.717, 1.165) is 16.8 Å². The number of amides is 1. The van der Waals surface area contributed by atoms with Crippen molar-refractivity contribution < 1.29 is 4.79 Å². The van der Waals surface area contributed by atoms with E-state index in [0.29, 0.717) is 29.6 Å². The van der Waals surface area contributed by atoms with Crippen molar-refractivity contribution in [1.29, 1.82) is 0 Å². The number of benzene rings is 2. The summed E-state index contributed by atoms with van der Waals surface area (Å²) >= 11 is 5.99. The predicted octanol–water partition coefficient (Wildman–Crippen LogP) is 4.58. The van der Waals surface area contributed by atoms with Crippen molar-refractivity contribution >= 4 is 23.5 Å². The summed E-state index contributed by atoms with van der Waals surface area (Å²) in [7, 11) is 0. The number of nitrogens with zero attached hydrogens (tertiary/aromatic N) is 2.